The molecule has 70 heavy (non-hydrogen) atoms. The highest BCUT2D eigenvalue weighted by Gasteiger charge is 2.42. The van der Waals surface area contributed by atoms with E-state index in [1.54, 1.807) is 0 Å². The van der Waals surface area contributed by atoms with E-state index in [-0.39, 0.29) is 10.8 Å². The second-order valence-electron chi connectivity index (χ2n) is 20.7. The largest absolute Gasteiger partial charge is 0.503 e. The van der Waals surface area contributed by atoms with Gasteiger partial charge >= 0.3 is 11.7 Å². The second kappa shape index (κ2) is 17.4. The predicted octanol–water partition coefficient (Wildman–Crippen LogP) is 17.5. The fourth-order valence-electron chi connectivity index (χ4n) is 9.87. The fourth-order valence-corrected chi connectivity index (χ4v) is 9.87. The van der Waals surface area contributed by atoms with Crippen LogP contribution in [0.2, 0.25) is 0 Å². The normalized spacial score (nSPS) is 13.0. The van der Waals surface area contributed by atoms with Crippen molar-refractivity contribution in [3.8, 4) is 50.7 Å². The number of nitrogens with zero attached hydrogens (tertiary/aromatic N) is 4. The smallest absolute Gasteiger partial charge is 0.457 e. The minimum absolute atomic E-state index is 0.0584. The number of hydrogen-bond acceptors (Lipinski definition) is 2. The first-order chi connectivity index (χ1) is 34.1. The van der Waals surface area contributed by atoms with Crippen LogP contribution in [0.25, 0.3) is 61.0 Å². The zero-order chi connectivity index (χ0) is 49.2. The number of hydrogen-bond donors (Lipinski definition) is 0. The zero-order valence-electron chi connectivity index (χ0n) is 42.2. The first-order valence-electron chi connectivity index (χ1n) is 24.8. The van der Waals surface area contributed by atoms with Crippen LogP contribution in [0.1, 0.15) is 79.3 Å². The Labute approximate surface area is 413 Å². The maximum absolute atomic E-state index is 9.53. The molecule has 0 radical (unpaired) electrons. The van der Waals surface area contributed by atoms with Gasteiger partial charge in [0.25, 0.3) is 5.69 Å². The maximum atomic E-state index is 9.53. The van der Waals surface area contributed by atoms with Gasteiger partial charge in [-0.1, -0.05) is 171 Å². The highest BCUT2D eigenvalue weighted by Crippen LogP contribution is 2.48. The van der Waals surface area contributed by atoms with Crippen LogP contribution in [0.15, 0.2) is 200 Å². The number of fused-ring (bicyclic) bond motifs is 4. The Morgan fingerprint density at radius 2 is 1.16 bits per heavy atom. The molecule has 0 N–H and O–H groups in total. The Morgan fingerprint density at radius 3 is 1.80 bits per heavy atom. The second-order valence-corrected chi connectivity index (χ2v) is 20.7. The van der Waals surface area contributed by atoms with Crippen molar-refractivity contribution in [3.05, 3.63) is 217 Å². The highest BCUT2D eigenvalue weighted by molar-refractivity contribution is 6.11. The van der Waals surface area contributed by atoms with Gasteiger partial charge in [0.15, 0.2) is 0 Å². The molecule has 5 nitrogen and oxygen atoms in total. The number of rotatable bonds is 9. The molecule has 8 aromatic carbocycles. The van der Waals surface area contributed by atoms with Crippen LogP contribution in [0.5, 0.6) is 11.5 Å². The van der Waals surface area contributed by atoms with Gasteiger partial charge in [-0.15, -0.1) is 0 Å². The number of para-hydroxylation sites is 2. The van der Waals surface area contributed by atoms with Crippen LogP contribution in [0, 0.1) is 0 Å². The van der Waals surface area contributed by atoms with E-state index in [0.717, 1.165) is 89.3 Å². The Morgan fingerprint density at radius 1 is 0.514 bits per heavy atom. The summed E-state index contributed by atoms with van der Waals surface area (Å²) in [6.07, 6.45) is 1.92. The monoisotopic (exact) mass is 911 g/mol. The summed E-state index contributed by atoms with van der Waals surface area (Å²) in [7, 11) is 0. The van der Waals surface area contributed by atoms with Crippen molar-refractivity contribution in [2.45, 2.75) is 72.1 Å². The van der Waals surface area contributed by atoms with Crippen molar-refractivity contribution in [1.82, 2.24) is 18.7 Å². The average Bonchev–Trinajstić information content (AvgIpc) is 3.92. The number of pyridine rings is 1. The van der Waals surface area contributed by atoms with Gasteiger partial charge in [-0.05, 0) is 114 Å². The molecule has 0 saturated carbocycles. The minimum atomic E-state index is -0.925. The SMILES string of the molecule is [2H]C(C)(C)c1cccc2c1[N+](c1c(-c3ccccc3)cccc1-c1ccccc1)=C=[N+]2c1cc(Oc2ccc3c4cc(-c5ccccc5)ccc4n(-c4cc(C(C)(C)C)ccn4)c3c2)cc(C(C)(C)C)c1. The van der Waals surface area contributed by atoms with Gasteiger partial charge in [0, 0.05) is 42.1 Å². The number of benzene rings is 8. The fraction of sp³-hybridized carbons (Fsp3) is 0.169. The molecule has 1 aliphatic heterocycles. The van der Waals surface area contributed by atoms with E-state index in [9.17, 15) is 1.37 Å². The van der Waals surface area contributed by atoms with E-state index in [1.165, 1.54) is 11.1 Å². The van der Waals surface area contributed by atoms with Crippen LogP contribution in [0.3, 0.4) is 0 Å². The molecular weight excluding hydrogens is 853 g/mol. The Hall–Kier alpha value is -8.11. The summed E-state index contributed by atoms with van der Waals surface area (Å²) in [5, 5.41) is 2.27. The quantitative estimate of drug-likeness (QED) is 0.135. The number of ether oxygens (including phenoxy) is 1. The van der Waals surface area contributed by atoms with E-state index in [4.69, 9.17) is 9.72 Å². The molecule has 0 saturated heterocycles. The molecule has 5 heteroatoms. The molecular formula is C65H58N4O+2. The Bertz CT molecular complexity index is 3690. The third-order valence-corrected chi connectivity index (χ3v) is 13.6. The molecule has 10 aromatic rings. The molecule has 0 atom stereocenters. The molecule has 11 rings (SSSR count). The maximum Gasteiger partial charge on any atom is 0.503 e. The van der Waals surface area contributed by atoms with Crippen molar-refractivity contribution in [2.24, 2.45) is 0 Å². The third kappa shape index (κ3) is 8.12. The van der Waals surface area contributed by atoms with E-state index < -0.39 is 5.89 Å². The first kappa shape index (κ1) is 43.2. The Balaban J connectivity index is 1.12. The summed E-state index contributed by atoms with van der Waals surface area (Å²) in [5.41, 5.74) is 15.5. The van der Waals surface area contributed by atoms with Crippen LogP contribution in [-0.4, -0.2) is 15.6 Å². The standard InChI is InChI=1S/C65H58N4O/c1-43(2)53-26-19-29-59-63(53)68(62-54(45-22-14-10-15-23-45)27-18-28-55(62)46-24-16-11-17-25-46)42-67(59)50-37-49(65(6,7)8)38-52(40-50)70-51-31-32-56-57-36-47(44-20-12-9-13-21-44)30-33-58(57)69(60(56)41-51)61-39-48(34-35-66-61)64(3,4)5/h9-41,43H,1-8H3/q+2/i43D. The van der Waals surface area contributed by atoms with E-state index in [2.05, 4.69) is 255 Å². The highest BCUT2D eigenvalue weighted by atomic mass is 16.5. The summed E-state index contributed by atoms with van der Waals surface area (Å²) < 4.78 is 23.2. The lowest BCUT2D eigenvalue weighted by Crippen LogP contribution is -2.12. The van der Waals surface area contributed by atoms with Crippen molar-refractivity contribution in [3.63, 3.8) is 0 Å². The van der Waals surface area contributed by atoms with Gasteiger partial charge in [0.05, 0.1) is 28.2 Å². The van der Waals surface area contributed by atoms with Gasteiger partial charge in [-0.2, -0.15) is 0 Å². The number of aromatic nitrogens is 2. The van der Waals surface area contributed by atoms with Crippen LogP contribution >= 0.6 is 0 Å². The Kier molecular flexibility index (Phi) is 10.8. The third-order valence-electron chi connectivity index (χ3n) is 13.6. The molecule has 342 valence electrons. The van der Waals surface area contributed by atoms with Crippen molar-refractivity contribution in [2.75, 3.05) is 0 Å². The zero-order valence-corrected chi connectivity index (χ0v) is 41.2. The van der Waals surface area contributed by atoms with Crippen molar-refractivity contribution >= 4 is 50.6 Å². The lowest BCUT2D eigenvalue weighted by atomic mass is 9.86. The van der Waals surface area contributed by atoms with Gasteiger partial charge in [0.2, 0.25) is 11.4 Å². The predicted molar refractivity (Wildman–Crippen MR) is 294 cm³/mol. The van der Waals surface area contributed by atoms with Gasteiger partial charge in [0.1, 0.15) is 17.3 Å². The average molecular weight is 912 g/mol. The molecule has 0 fully saturated rings. The van der Waals surface area contributed by atoms with Crippen LogP contribution in [-0.2, 0) is 10.8 Å². The minimum Gasteiger partial charge on any atom is -0.457 e. The molecule has 1 aliphatic rings. The molecule has 0 aliphatic carbocycles. The van der Waals surface area contributed by atoms with E-state index in [1.807, 2.05) is 20.0 Å². The summed E-state index contributed by atoms with van der Waals surface area (Å²) in [6, 6.07) is 72.4. The lowest BCUT2D eigenvalue weighted by Gasteiger charge is -2.20. The van der Waals surface area contributed by atoms with Gasteiger partial charge in [-0.3, -0.25) is 4.57 Å². The van der Waals surface area contributed by atoms with Crippen LogP contribution < -0.4 is 13.9 Å². The van der Waals surface area contributed by atoms with E-state index in [0.29, 0.717) is 11.5 Å². The molecule has 0 unspecified atom stereocenters. The first-order valence-corrected chi connectivity index (χ1v) is 24.3. The summed E-state index contributed by atoms with van der Waals surface area (Å²) >= 11 is 0. The van der Waals surface area contributed by atoms with Crippen molar-refractivity contribution < 1.29 is 6.11 Å². The van der Waals surface area contributed by atoms with Crippen molar-refractivity contribution in [1.29, 1.82) is 0 Å². The topological polar surface area (TPSA) is 33.1 Å². The molecule has 0 bridgehead atoms. The molecule has 0 amide bonds. The molecule has 3 heterocycles. The van der Waals surface area contributed by atoms with Gasteiger partial charge in [-0.25, -0.2) is 4.98 Å². The molecule has 0 spiro atoms. The van der Waals surface area contributed by atoms with Crippen LogP contribution in [0.4, 0.5) is 22.7 Å². The summed E-state index contributed by atoms with van der Waals surface area (Å²) in [4.78, 5) is 4.99. The molecule has 2 aromatic heterocycles. The van der Waals surface area contributed by atoms with Gasteiger partial charge < -0.3 is 4.74 Å². The lowest BCUT2D eigenvalue weighted by molar-refractivity contribution is 0.479. The van der Waals surface area contributed by atoms with E-state index >= 15 is 0 Å². The summed E-state index contributed by atoms with van der Waals surface area (Å²) in [5.74, 6) is 1.36. The summed E-state index contributed by atoms with van der Waals surface area (Å²) in [6.45, 7) is 17.4.